The Hall–Kier alpha value is -2.42. The van der Waals surface area contributed by atoms with E-state index in [1.807, 2.05) is 54.6 Å². The number of para-hydroxylation sites is 2. The van der Waals surface area contributed by atoms with Crippen molar-refractivity contribution < 1.29 is 9.21 Å². The summed E-state index contributed by atoms with van der Waals surface area (Å²) in [6.45, 7) is 1.60. The van der Waals surface area contributed by atoms with Crippen LogP contribution in [0.4, 0.5) is 0 Å². The van der Waals surface area contributed by atoms with Gasteiger partial charge in [0, 0.05) is 6.42 Å². The zero-order valence-corrected chi connectivity index (χ0v) is 11.2. The molecule has 20 heavy (non-hydrogen) atoms. The van der Waals surface area contributed by atoms with Gasteiger partial charge in [0.25, 0.3) is 0 Å². The molecule has 1 unspecified atom stereocenters. The van der Waals surface area contributed by atoms with Crippen LogP contribution in [0.5, 0.6) is 0 Å². The molecule has 3 aromatic rings. The van der Waals surface area contributed by atoms with Crippen molar-refractivity contribution in [2.45, 2.75) is 19.3 Å². The van der Waals surface area contributed by atoms with E-state index in [2.05, 4.69) is 4.98 Å². The van der Waals surface area contributed by atoms with Gasteiger partial charge in [-0.25, -0.2) is 4.98 Å². The summed E-state index contributed by atoms with van der Waals surface area (Å²) < 4.78 is 5.82. The molecule has 1 atom stereocenters. The fraction of sp³-hybridized carbons (Fsp3) is 0.176. The number of fused-ring (bicyclic) bond motifs is 1. The maximum absolute atomic E-state index is 11.5. The number of carbonyl (C=O) groups is 1. The third-order valence-corrected chi connectivity index (χ3v) is 3.30. The lowest BCUT2D eigenvalue weighted by atomic mass is 9.94. The van der Waals surface area contributed by atoms with Gasteiger partial charge in [-0.3, -0.25) is 4.79 Å². The highest BCUT2D eigenvalue weighted by molar-refractivity contribution is 5.77. The first-order chi connectivity index (χ1) is 9.74. The van der Waals surface area contributed by atoms with Crippen molar-refractivity contribution in [2.24, 2.45) is 0 Å². The Morgan fingerprint density at radius 2 is 1.80 bits per heavy atom. The Morgan fingerprint density at radius 1 is 1.10 bits per heavy atom. The van der Waals surface area contributed by atoms with Crippen LogP contribution in [-0.2, 0) is 4.79 Å². The van der Waals surface area contributed by atoms with Gasteiger partial charge in [-0.15, -0.1) is 0 Å². The van der Waals surface area contributed by atoms with Gasteiger partial charge in [-0.1, -0.05) is 42.5 Å². The molecule has 0 fully saturated rings. The fourth-order valence-corrected chi connectivity index (χ4v) is 2.36. The fourth-order valence-electron chi connectivity index (χ4n) is 2.36. The number of hydrogen-bond acceptors (Lipinski definition) is 3. The van der Waals surface area contributed by atoms with Gasteiger partial charge in [0.2, 0.25) is 5.89 Å². The Balaban J connectivity index is 2.06. The first-order valence-corrected chi connectivity index (χ1v) is 6.64. The molecule has 0 amide bonds. The third kappa shape index (κ3) is 2.48. The molecule has 1 heterocycles. The summed E-state index contributed by atoms with van der Waals surface area (Å²) in [7, 11) is 0. The molecule has 3 rings (SSSR count). The van der Waals surface area contributed by atoms with Crippen LogP contribution in [0.15, 0.2) is 59.0 Å². The van der Waals surface area contributed by atoms with Crippen LogP contribution in [-0.4, -0.2) is 10.8 Å². The summed E-state index contributed by atoms with van der Waals surface area (Å²) in [4.78, 5) is 16.1. The number of rotatable bonds is 4. The van der Waals surface area contributed by atoms with Gasteiger partial charge >= 0.3 is 0 Å². The second-order valence-corrected chi connectivity index (χ2v) is 4.89. The lowest BCUT2D eigenvalue weighted by molar-refractivity contribution is -0.117. The van der Waals surface area contributed by atoms with Crippen molar-refractivity contribution in [3.05, 3.63) is 66.1 Å². The second-order valence-electron chi connectivity index (χ2n) is 4.89. The van der Waals surface area contributed by atoms with Crippen molar-refractivity contribution in [2.75, 3.05) is 0 Å². The Morgan fingerprint density at radius 3 is 2.50 bits per heavy atom. The number of hydrogen-bond donors (Lipinski definition) is 0. The predicted molar refractivity (Wildman–Crippen MR) is 77.6 cm³/mol. The third-order valence-electron chi connectivity index (χ3n) is 3.30. The molecule has 0 spiro atoms. The average molecular weight is 265 g/mol. The normalized spacial score (nSPS) is 12.4. The SMILES string of the molecule is CC(=O)CC(c1ccccc1)c1nc2ccccc2o1. The number of benzene rings is 2. The van der Waals surface area contributed by atoms with Gasteiger partial charge in [0.05, 0.1) is 5.92 Å². The van der Waals surface area contributed by atoms with E-state index in [1.54, 1.807) is 6.92 Å². The highest BCUT2D eigenvalue weighted by Crippen LogP contribution is 2.30. The van der Waals surface area contributed by atoms with Gasteiger partial charge in [-0.05, 0) is 24.6 Å². The minimum atomic E-state index is -0.124. The first-order valence-electron chi connectivity index (χ1n) is 6.64. The molecule has 0 saturated carbocycles. The topological polar surface area (TPSA) is 43.1 Å². The lowest BCUT2D eigenvalue weighted by Crippen LogP contribution is -2.06. The maximum atomic E-state index is 11.5. The summed E-state index contributed by atoms with van der Waals surface area (Å²) >= 11 is 0. The van der Waals surface area contributed by atoms with Gasteiger partial charge in [0.1, 0.15) is 11.3 Å². The van der Waals surface area contributed by atoms with Crippen molar-refractivity contribution in [3.8, 4) is 0 Å². The lowest BCUT2D eigenvalue weighted by Gasteiger charge is -2.11. The minimum absolute atomic E-state index is 0.124. The van der Waals surface area contributed by atoms with E-state index in [1.165, 1.54) is 0 Å². The van der Waals surface area contributed by atoms with Gasteiger partial charge in [-0.2, -0.15) is 0 Å². The zero-order valence-electron chi connectivity index (χ0n) is 11.2. The molecule has 0 saturated heterocycles. The Kier molecular flexibility index (Phi) is 3.33. The molecule has 0 N–H and O–H groups in total. The second kappa shape index (κ2) is 5.29. The van der Waals surface area contributed by atoms with E-state index < -0.39 is 0 Å². The van der Waals surface area contributed by atoms with Crippen LogP contribution in [0, 0.1) is 0 Å². The molecule has 3 nitrogen and oxygen atoms in total. The summed E-state index contributed by atoms with van der Waals surface area (Å²) in [6, 6.07) is 17.5. The van der Waals surface area contributed by atoms with Crippen molar-refractivity contribution >= 4 is 16.9 Å². The average Bonchev–Trinajstić information content (AvgIpc) is 2.89. The molecule has 0 aliphatic rings. The molecule has 0 aliphatic carbocycles. The summed E-state index contributed by atoms with van der Waals surface area (Å²) in [6.07, 6.45) is 0.400. The van der Waals surface area contributed by atoms with E-state index in [4.69, 9.17) is 4.42 Å². The van der Waals surface area contributed by atoms with Gasteiger partial charge < -0.3 is 4.42 Å². The molecular weight excluding hydrogens is 250 g/mol. The Bertz CT molecular complexity index is 698. The molecule has 1 aromatic heterocycles. The Labute approximate surface area is 117 Å². The van der Waals surface area contributed by atoms with E-state index in [0.29, 0.717) is 12.3 Å². The zero-order chi connectivity index (χ0) is 13.9. The highest BCUT2D eigenvalue weighted by atomic mass is 16.3. The molecule has 0 bridgehead atoms. The van der Waals surface area contributed by atoms with Crippen LogP contribution in [0.25, 0.3) is 11.1 Å². The van der Waals surface area contributed by atoms with Crippen LogP contribution in [0.3, 0.4) is 0 Å². The number of Topliss-reactive ketones (excluding diaryl/α,β-unsaturated/α-hetero) is 1. The van der Waals surface area contributed by atoms with Crippen molar-refractivity contribution in [1.82, 2.24) is 4.98 Å². The first kappa shape index (κ1) is 12.6. The van der Waals surface area contributed by atoms with Gasteiger partial charge in [0.15, 0.2) is 5.58 Å². The monoisotopic (exact) mass is 265 g/mol. The molecular formula is C17H15NO2. The van der Waals surface area contributed by atoms with E-state index >= 15 is 0 Å². The standard InChI is InChI=1S/C17H15NO2/c1-12(19)11-14(13-7-3-2-4-8-13)17-18-15-9-5-6-10-16(15)20-17/h2-10,14H,11H2,1H3. The minimum Gasteiger partial charge on any atom is -0.440 e. The summed E-state index contributed by atoms with van der Waals surface area (Å²) in [5.74, 6) is 0.606. The number of aromatic nitrogens is 1. The molecule has 0 radical (unpaired) electrons. The highest BCUT2D eigenvalue weighted by Gasteiger charge is 2.21. The van der Waals surface area contributed by atoms with E-state index in [9.17, 15) is 4.79 Å². The van der Waals surface area contributed by atoms with Crippen LogP contribution in [0.1, 0.15) is 30.7 Å². The van der Waals surface area contributed by atoms with Crippen LogP contribution in [0.2, 0.25) is 0 Å². The summed E-state index contributed by atoms with van der Waals surface area (Å²) in [5, 5.41) is 0. The van der Waals surface area contributed by atoms with Crippen molar-refractivity contribution in [3.63, 3.8) is 0 Å². The smallest absolute Gasteiger partial charge is 0.203 e. The van der Waals surface area contributed by atoms with Crippen LogP contribution >= 0.6 is 0 Å². The van der Waals surface area contributed by atoms with Crippen molar-refractivity contribution in [1.29, 1.82) is 0 Å². The number of carbonyl (C=O) groups excluding carboxylic acids is 1. The molecule has 100 valence electrons. The van der Waals surface area contributed by atoms with Crippen LogP contribution < -0.4 is 0 Å². The quantitative estimate of drug-likeness (QED) is 0.717. The largest absolute Gasteiger partial charge is 0.440 e. The van der Waals surface area contributed by atoms with E-state index in [0.717, 1.165) is 16.7 Å². The predicted octanol–water partition coefficient (Wildman–Crippen LogP) is 3.94. The molecule has 0 aliphatic heterocycles. The number of ketones is 1. The number of oxazole rings is 1. The summed E-state index contributed by atoms with van der Waals surface area (Å²) in [5.41, 5.74) is 2.63. The molecule has 3 heteroatoms. The number of nitrogens with zero attached hydrogens (tertiary/aromatic N) is 1. The molecule has 2 aromatic carbocycles. The van der Waals surface area contributed by atoms with E-state index in [-0.39, 0.29) is 11.7 Å². The maximum Gasteiger partial charge on any atom is 0.203 e.